The summed E-state index contributed by atoms with van der Waals surface area (Å²) in [5.74, 6) is 1.82. The zero-order valence-electron chi connectivity index (χ0n) is 9.83. The van der Waals surface area contributed by atoms with E-state index in [1.807, 2.05) is 0 Å². The zero-order valence-corrected chi connectivity index (χ0v) is 9.83. The van der Waals surface area contributed by atoms with Crippen molar-refractivity contribution in [2.45, 2.75) is 31.7 Å². The maximum Gasteiger partial charge on any atom is 0.119 e. The van der Waals surface area contributed by atoms with Crippen molar-refractivity contribution in [1.82, 2.24) is 5.32 Å². The van der Waals surface area contributed by atoms with Gasteiger partial charge in [-0.05, 0) is 61.4 Å². The Morgan fingerprint density at radius 3 is 2.88 bits per heavy atom. The molecule has 0 amide bonds. The van der Waals surface area contributed by atoms with Gasteiger partial charge >= 0.3 is 0 Å². The second kappa shape index (κ2) is 4.10. The molecular weight excluding hydrogens is 198 g/mol. The van der Waals surface area contributed by atoms with Crippen LogP contribution in [-0.2, 0) is 12.8 Å². The quantitative estimate of drug-likeness (QED) is 0.778. The summed E-state index contributed by atoms with van der Waals surface area (Å²) in [7, 11) is 1.75. The smallest absolute Gasteiger partial charge is 0.119 e. The van der Waals surface area contributed by atoms with Gasteiger partial charge in [0, 0.05) is 6.04 Å². The summed E-state index contributed by atoms with van der Waals surface area (Å²) in [6, 6.07) is 7.27. The Morgan fingerprint density at radius 2 is 2.12 bits per heavy atom. The molecule has 0 aromatic heterocycles. The Morgan fingerprint density at radius 1 is 1.19 bits per heavy atom. The van der Waals surface area contributed by atoms with Gasteiger partial charge in [0.2, 0.25) is 0 Å². The van der Waals surface area contributed by atoms with Crippen molar-refractivity contribution in [1.29, 1.82) is 0 Å². The largest absolute Gasteiger partial charge is 0.497 e. The van der Waals surface area contributed by atoms with Gasteiger partial charge in [0.1, 0.15) is 5.75 Å². The lowest BCUT2D eigenvalue weighted by Gasteiger charge is -2.34. The van der Waals surface area contributed by atoms with Crippen LogP contribution >= 0.6 is 0 Å². The Balaban J connectivity index is 1.96. The van der Waals surface area contributed by atoms with Crippen LogP contribution in [0.4, 0.5) is 0 Å². The van der Waals surface area contributed by atoms with Gasteiger partial charge in [-0.15, -0.1) is 0 Å². The molecule has 2 aliphatic heterocycles. The molecule has 0 spiro atoms. The van der Waals surface area contributed by atoms with Crippen molar-refractivity contribution in [3.05, 3.63) is 29.3 Å². The van der Waals surface area contributed by atoms with E-state index in [0.29, 0.717) is 6.04 Å². The van der Waals surface area contributed by atoms with E-state index >= 15 is 0 Å². The van der Waals surface area contributed by atoms with Crippen molar-refractivity contribution < 1.29 is 4.74 Å². The van der Waals surface area contributed by atoms with Gasteiger partial charge in [-0.1, -0.05) is 6.07 Å². The number of hydrogen-bond donors (Lipinski definition) is 1. The number of ether oxygens (including phenoxy) is 1. The number of hydrogen-bond acceptors (Lipinski definition) is 2. The molecule has 0 radical (unpaired) electrons. The first-order valence-corrected chi connectivity index (χ1v) is 6.24. The van der Waals surface area contributed by atoms with E-state index in [0.717, 1.165) is 11.7 Å². The average Bonchev–Trinajstić information content (AvgIpc) is 2.29. The molecule has 2 heteroatoms. The third-order valence-corrected chi connectivity index (χ3v) is 4.01. The van der Waals surface area contributed by atoms with E-state index in [9.17, 15) is 0 Å². The fraction of sp³-hybridized carbons (Fsp3) is 0.571. The van der Waals surface area contributed by atoms with Crippen molar-refractivity contribution in [2.75, 3.05) is 13.7 Å². The molecule has 0 saturated carbocycles. The first-order valence-electron chi connectivity index (χ1n) is 6.24. The Labute approximate surface area is 97.0 Å². The summed E-state index contributed by atoms with van der Waals surface area (Å²) in [5, 5.41) is 3.66. The first kappa shape index (κ1) is 10.2. The molecular formula is C14H19NO. The molecule has 1 fully saturated rings. The molecule has 3 aliphatic rings. The SMILES string of the molecule is COc1ccc2c(c1)CC1CCC(C2)NC1. The Hall–Kier alpha value is -1.02. The molecule has 2 unspecified atom stereocenters. The van der Waals surface area contributed by atoms with Gasteiger partial charge in [-0.25, -0.2) is 0 Å². The summed E-state index contributed by atoms with van der Waals surface area (Å²) >= 11 is 0. The number of benzene rings is 1. The van der Waals surface area contributed by atoms with Crippen molar-refractivity contribution >= 4 is 0 Å². The molecule has 86 valence electrons. The lowest BCUT2D eigenvalue weighted by molar-refractivity contribution is 0.296. The van der Waals surface area contributed by atoms with E-state index < -0.39 is 0 Å². The minimum atomic E-state index is 0.698. The summed E-state index contributed by atoms with van der Waals surface area (Å²) in [5.41, 5.74) is 3.03. The van der Waals surface area contributed by atoms with Gasteiger partial charge in [-0.2, -0.15) is 0 Å². The molecule has 1 aliphatic carbocycles. The van der Waals surface area contributed by atoms with E-state index in [4.69, 9.17) is 4.74 Å². The van der Waals surface area contributed by atoms with E-state index in [1.165, 1.54) is 43.4 Å². The highest BCUT2D eigenvalue weighted by molar-refractivity contribution is 5.37. The van der Waals surface area contributed by atoms with Crippen LogP contribution in [0.15, 0.2) is 18.2 Å². The van der Waals surface area contributed by atoms with Crippen LogP contribution in [0.25, 0.3) is 0 Å². The van der Waals surface area contributed by atoms with Crippen LogP contribution in [0.5, 0.6) is 5.75 Å². The molecule has 1 saturated heterocycles. The maximum absolute atomic E-state index is 5.32. The van der Waals surface area contributed by atoms with Crippen LogP contribution in [0.3, 0.4) is 0 Å². The molecule has 2 bridgehead atoms. The van der Waals surface area contributed by atoms with Gasteiger partial charge in [0.25, 0.3) is 0 Å². The van der Waals surface area contributed by atoms with Gasteiger partial charge < -0.3 is 10.1 Å². The maximum atomic E-state index is 5.32. The third-order valence-electron chi connectivity index (χ3n) is 4.01. The highest BCUT2D eigenvalue weighted by Crippen LogP contribution is 2.29. The predicted molar refractivity (Wildman–Crippen MR) is 64.9 cm³/mol. The second-order valence-electron chi connectivity index (χ2n) is 5.09. The minimum Gasteiger partial charge on any atom is -0.497 e. The normalized spacial score (nSPS) is 28.1. The van der Waals surface area contributed by atoms with Crippen LogP contribution in [0.1, 0.15) is 24.0 Å². The summed E-state index contributed by atoms with van der Waals surface area (Å²) < 4.78 is 5.32. The van der Waals surface area contributed by atoms with Crippen LogP contribution in [-0.4, -0.2) is 19.7 Å². The molecule has 1 aromatic rings. The zero-order chi connectivity index (χ0) is 11.0. The van der Waals surface area contributed by atoms with Gasteiger partial charge in [-0.3, -0.25) is 0 Å². The van der Waals surface area contributed by atoms with E-state index in [-0.39, 0.29) is 0 Å². The summed E-state index contributed by atoms with van der Waals surface area (Å²) in [4.78, 5) is 0. The molecule has 2 heterocycles. The third kappa shape index (κ3) is 1.82. The highest BCUT2D eigenvalue weighted by Gasteiger charge is 2.25. The predicted octanol–water partition coefficient (Wildman–Crippen LogP) is 2.16. The fourth-order valence-corrected chi connectivity index (χ4v) is 3.02. The Kier molecular flexibility index (Phi) is 2.60. The highest BCUT2D eigenvalue weighted by atomic mass is 16.5. The molecule has 2 atom stereocenters. The van der Waals surface area contributed by atoms with E-state index in [1.54, 1.807) is 7.11 Å². The van der Waals surface area contributed by atoms with E-state index in [2.05, 4.69) is 23.5 Å². The lowest BCUT2D eigenvalue weighted by atomic mass is 9.81. The molecule has 1 N–H and O–H groups in total. The van der Waals surface area contributed by atoms with Gasteiger partial charge in [0.15, 0.2) is 0 Å². The molecule has 1 aromatic carbocycles. The number of methoxy groups -OCH3 is 1. The number of nitrogens with one attached hydrogen (secondary N) is 1. The van der Waals surface area contributed by atoms with Crippen LogP contribution in [0, 0.1) is 5.92 Å². The second-order valence-corrected chi connectivity index (χ2v) is 5.09. The lowest BCUT2D eigenvalue weighted by Crippen LogP contribution is -2.42. The number of piperidine rings is 1. The number of rotatable bonds is 1. The average molecular weight is 217 g/mol. The van der Waals surface area contributed by atoms with Crippen LogP contribution < -0.4 is 10.1 Å². The monoisotopic (exact) mass is 217 g/mol. The molecule has 4 rings (SSSR count). The van der Waals surface area contributed by atoms with Crippen molar-refractivity contribution in [2.24, 2.45) is 5.92 Å². The van der Waals surface area contributed by atoms with Crippen LogP contribution in [0.2, 0.25) is 0 Å². The van der Waals surface area contributed by atoms with Crippen molar-refractivity contribution in [3.8, 4) is 5.75 Å². The summed E-state index contributed by atoms with van der Waals surface area (Å²) in [6.07, 6.45) is 5.13. The topological polar surface area (TPSA) is 21.3 Å². The molecule has 2 nitrogen and oxygen atoms in total. The standard InChI is InChI=1S/C14H19NO/c1-16-14-5-3-11-7-13-4-2-10(9-15-13)6-12(11)8-14/h3,5,8,10,13,15H,2,4,6-7,9H2,1H3. The number of fused-ring (bicyclic) bond motifs is 2. The van der Waals surface area contributed by atoms with Crippen molar-refractivity contribution in [3.63, 3.8) is 0 Å². The Bertz CT molecular complexity index is 380. The minimum absolute atomic E-state index is 0.698. The molecule has 16 heavy (non-hydrogen) atoms. The fourth-order valence-electron chi connectivity index (χ4n) is 3.02. The summed E-state index contributed by atoms with van der Waals surface area (Å²) in [6.45, 7) is 1.20. The van der Waals surface area contributed by atoms with Gasteiger partial charge in [0.05, 0.1) is 7.11 Å². The first-order chi connectivity index (χ1) is 7.85.